The van der Waals surface area contributed by atoms with Crippen LogP contribution in [0.4, 0.5) is 15.8 Å². The van der Waals surface area contributed by atoms with Crippen LogP contribution in [0.2, 0.25) is 0 Å². The topological polar surface area (TPSA) is 66.6 Å². The molecule has 5 heteroatoms. The van der Waals surface area contributed by atoms with E-state index in [9.17, 15) is 14.3 Å². The minimum Gasteiger partial charge on any atom is -0.505 e. The minimum atomic E-state index is -0.389. The number of hydrogen-bond donors (Lipinski definition) is 2. The number of phenols is 1. The van der Waals surface area contributed by atoms with Crippen LogP contribution in [-0.2, 0) is 6.42 Å². The highest BCUT2D eigenvalue weighted by molar-refractivity contribution is 6.09. The van der Waals surface area contributed by atoms with Crippen LogP contribution in [0.25, 0.3) is 0 Å². The average Bonchev–Trinajstić information content (AvgIpc) is 2.84. The standard InChI is InChI=1S/C15H13FN2O2/c16-10-5-4-9-6-7-18(13(9)8-10)15(20)11-2-1-3-12(17)14(11)19/h1-5,8,19H,6-7,17H2. The molecule has 0 fully saturated rings. The Bertz CT molecular complexity index is 700. The van der Waals surface area contributed by atoms with Crippen LogP contribution in [-0.4, -0.2) is 17.6 Å². The van der Waals surface area contributed by atoms with Gasteiger partial charge in [0, 0.05) is 6.54 Å². The van der Waals surface area contributed by atoms with Crippen molar-refractivity contribution in [1.29, 1.82) is 0 Å². The lowest BCUT2D eigenvalue weighted by Crippen LogP contribution is -2.29. The van der Waals surface area contributed by atoms with Gasteiger partial charge in [0.2, 0.25) is 0 Å². The van der Waals surface area contributed by atoms with Crippen LogP contribution < -0.4 is 10.6 Å². The molecule has 1 amide bonds. The average molecular weight is 272 g/mol. The first kappa shape index (κ1) is 12.5. The number of rotatable bonds is 1. The predicted octanol–water partition coefficient (Wildman–Crippen LogP) is 2.32. The van der Waals surface area contributed by atoms with Crippen molar-refractivity contribution in [2.75, 3.05) is 17.2 Å². The fourth-order valence-corrected chi connectivity index (χ4v) is 2.44. The Hall–Kier alpha value is -2.56. The van der Waals surface area contributed by atoms with E-state index in [1.807, 2.05) is 0 Å². The van der Waals surface area contributed by atoms with Crippen molar-refractivity contribution in [1.82, 2.24) is 0 Å². The highest BCUT2D eigenvalue weighted by Gasteiger charge is 2.27. The maximum absolute atomic E-state index is 13.3. The van der Waals surface area contributed by atoms with E-state index in [2.05, 4.69) is 0 Å². The molecule has 0 atom stereocenters. The largest absolute Gasteiger partial charge is 0.505 e. The number of nitrogen functional groups attached to an aromatic ring is 1. The Morgan fingerprint density at radius 3 is 2.90 bits per heavy atom. The molecular formula is C15H13FN2O2. The van der Waals surface area contributed by atoms with E-state index in [4.69, 9.17) is 5.73 Å². The Morgan fingerprint density at radius 1 is 1.30 bits per heavy atom. The molecule has 0 spiro atoms. The molecular weight excluding hydrogens is 259 g/mol. The molecule has 0 aromatic heterocycles. The van der Waals surface area contributed by atoms with E-state index in [0.29, 0.717) is 18.7 Å². The summed E-state index contributed by atoms with van der Waals surface area (Å²) in [4.78, 5) is 13.9. The van der Waals surface area contributed by atoms with Gasteiger partial charge in [-0.2, -0.15) is 0 Å². The van der Waals surface area contributed by atoms with E-state index < -0.39 is 0 Å². The summed E-state index contributed by atoms with van der Waals surface area (Å²) in [6.45, 7) is 0.464. The lowest BCUT2D eigenvalue weighted by atomic mass is 10.1. The van der Waals surface area contributed by atoms with Gasteiger partial charge in [-0.15, -0.1) is 0 Å². The first-order valence-corrected chi connectivity index (χ1v) is 6.25. The van der Waals surface area contributed by atoms with Crippen molar-refractivity contribution >= 4 is 17.3 Å². The maximum atomic E-state index is 13.3. The second-order valence-electron chi connectivity index (χ2n) is 4.72. The summed E-state index contributed by atoms with van der Waals surface area (Å²) in [7, 11) is 0. The molecule has 0 bridgehead atoms. The third-order valence-electron chi connectivity index (χ3n) is 3.49. The van der Waals surface area contributed by atoms with E-state index in [-0.39, 0.29) is 28.7 Å². The van der Waals surface area contributed by atoms with Gasteiger partial charge in [-0.05, 0) is 36.2 Å². The van der Waals surface area contributed by atoms with Crippen LogP contribution in [0, 0.1) is 5.82 Å². The van der Waals surface area contributed by atoms with E-state index >= 15 is 0 Å². The van der Waals surface area contributed by atoms with Gasteiger partial charge in [-0.25, -0.2) is 4.39 Å². The summed E-state index contributed by atoms with van der Waals surface area (Å²) >= 11 is 0. The molecule has 20 heavy (non-hydrogen) atoms. The number of aromatic hydroxyl groups is 1. The summed E-state index contributed by atoms with van der Waals surface area (Å²) < 4.78 is 13.3. The fourth-order valence-electron chi connectivity index (χ4n) is 2.44. The number of halogens is 1. The highest BCUT2D eigenvalue weighted by atomic mass is 19.1. The highest BCUT2D eigenvalue weighted by Crippen LogP contribution is 2.33. The van der Waals surface area contributed by atoms with Gasteiger partial charge in [0.25, 0.3) is 5.91 Å². The summed E-state index contributed by atoms with van der Waals surface area (Å²) in [6.07, 6.45) is 0.671. The molecule has 4 nitrogen and oxygen atoms in total. The molecule has 2 aromatic rings. The number of nitrogens with zero attached hydrogens (tertiary/aromatic N) is 1. The number of phenolic OH excluding ortho intramolecular Hbond substituents is 1. The monoisotopic (exact) mass is 272 g/mol. The number of carbonyl (C=O) groups excluding carboxylic acids is 1. The third-order valence-corrected chi connectivity index (χ3v) is 3.49. The molecule has 1 aliphatic rings. The van der Waals surface area contributed by atoms with Crippen LogP contribution in [0.3, 0.4) is 0 Å². The molecule has 3 rings (SSSR count). The summed E-state index contributed by atoms with van der Waals surface area (Å²) in [5.41, 5.74) is 7.34. The van der Waals surface area contributed by atoms with Gasteiger partial charge in [-0.3, -0.25) is 4.79 Å². The van der Waals surface area contributed by atoms with Gasteiger partial charge in [-0.1, -0.05) is 12.1 Å². The van der Waals surface area contributed by atoms with E-state index in [1.54, 1.807) is 12.1 Å². The normalized spacial score (nSPS) is 13.3. The van der Waals surface area contributed by atoms with Gasteiger partial charge in [0.05, 0.1) is 16.9 Å². The Balaban J connectivity index is 2.02. The number of hydrogen-bond acceptors (Lipinski definition) is 3. The van der Waals surface area contributed by atoms with Crippen LogP contribution in [0.5, 0.6) is 5.75 Å². The lowest BCUT2D eigenvalue weighted by molar-refractivity contribution is 0.0987. The zero-order chi connectivity index (χ0) is 14.3. The van der Waals surface area contributed by atoms with E-state index in [0.717, 1.165) is 5.56 Å². The van der Waals surface area contributed by atoms with Crippen molar-refractivity contribution in [3.8, 4) is 5.75 Å². The molecule has 0 saturated carbocycles. The zero-order valence-electron chi connectivity index (χ0n) is 10.6. The molecule has 0 aliphatic carbocycles. The molecule has 1 heterocycles. The number of benzene rings is 2. The lowest BCUT2D eigenvalue weighted by Gasteiger charge is -2.18. The van der Waals surface area contributed by atoms with Crippen molar-refractivity contribution in [3.05, 3.63) is 53.3 Å². The quantitative estimate of drug-likeness (QED) is 0.618. The van der Waals surface area contributed by atoms with Gasteiger partial charge in [0.1, 0.15) is 5.82 Å². The van der Waals surface area contributed by atoms with Crippen LogP contribution >= 0.6 is 0 Å². The van der Waals surface area contributed by atoms with Gasteiger partial charge in [0.15, 0.2) is 5.75 Å². The zero-order valence-corrected chi connectivity index (χ0v) is 10.6. The van der Waals surface area contributed by atoms with Crippen LogP contribution in [0.15, 0.2) is 36.4 Å². The second-order valence-corrected chi connectivity index (χ2v) is 4.72. The van der Waals surface area contributed by atoms with E-state index in [1.165, 1.54) is 29.2 Å². The van der Waals surface area contributed by atoms with Crippen molar-refractivity contribution in [2.24, 2.45) is 0 Å². The number of nitrogens with two attached hydrogens (primary N) is 1. The molecule has 102 valence electrons. The Labute approximate surface area is 115 Å². The molecule has 3 N–H and O–H groups in total. The van der Waals surface area contributed by atoms with Crippen LogP contribution in [0.1, 0.15) is 15.9 Å². The Kier molecular flexibility index (Phi) is 2.82. The maximum Gasteiger partial charge on any atom is 0.262 e. The number of amides is 1. The number of carbonyl (C=O) groups is 1. The Morgan fingerprint density at radius 2 is 2.10 bits per heavy atom. The first-order chi connectivity index (χ1) is 9.58. The van der Waals surface area contributed by atoms with Gasteiger partial charge >= 0.3 is 0 Å². The number of para-hydroxylation sites is 1. The predicted molar refractivity (Wildman–Crippen MR) is 74.3 cm³/mol. The second kappa shape index (κ2) is 4.52. The molecule has 1 aliphatic heterocycles. The third kappa shape index (κ3) is 1.87. The fraction of sp³-hybridized carbons (Fsp3) is 0.133. The summed E-state index contributed by atoms with van der Waals surface area (Å²) in [5.74, 6) is -0.998. The number of fused-ring (bicyclic) bond motifs is 1. The summed E-state index contributed by atoms with van der Waals surface area (Å²) in [5, 5.41) is 9.88. The smallest absolute Gasteiger partial charge is 0.262 e. The SMILES string of the molecule is Nc1cccc(C(=O)N2CCc3ccc(F)cc32)c1O. The van der Waals surface area contributed by atoms with Crippen molar-refractivity contribution < 1.29 is 14.3 Å². The molecule has 2 aromatic carbocycles. The van der Waals surface area contributed by atoms with Gasteiger partial charge < -0.3 is 15.7 Å². The molecule has 0 unspecified atom stereocenters. The minimum absolute atomic E-state index is 0.127. The first-order valence-electron chi connectivity index (χ1n) is 6.25. The van der Waals surface area contributed by atoms with Crippen molar-refractivity contribution in [2.45, 2.75) is 6.42 Å². The number of anilines is 2. The summed E-state index contributed by atoms with van der Waals surface area (Å²) in [6, 6.07) is 9.02. The molecule has 0 saturated heterocycles. The van der Waals surface area contributed by atoms with Crippen molar-refractivity contribution in [3.63, 3.8) is 0 Å². The molecule has 0 radical (unpaired) electrons.